The van der Waals surface area contributed by atoms with Gasteiger partial charge in [-0.15, -0.1) is 0 Å². The van der Waals surface area contributed by atoms with Crippen molar-refractivity contribution in [3.05, 3.63) is 65.5 Å². The van der Waals surface area contributed by atoms with Gasteiger partial charge in [0.15, 0.2) is 0 Å². The van der Waals surface area contributed by atoms with Gasteiger partial charge in [-0.3, -0.25) is 9.59 Å². The lowest BCUT2D eigenvalue weighted by molar-refractivity contribution is -0.130. The van der Waals surface area contributed by atoms with Gasteiger partial charge >= 0.3 is 0 Å². The second-order valence-electron chi connectivity index (χ2n) is 6.50. The second-order valence-corrected chi connectivity index (χ2v) is 6.50. The Morgan fingerprint density at radius 3 is 2.41 bits per heavy atom. The lowest BCUT2D eigenvalue weighted by Gasteiger charge is -2.23. The molecular formula is C21H23FN2O3. The summed E-state index contributed by atoms with van der Waals surface area (Å²) in [6.07, 6.45) is 0.719. The summed E-state index contributed by atoms with van der Waals surface area (Å²) in [5.41, 5.74) is 0.917. The van der Waals surface area contributed by atoms with Gasteiger partial charge in [0.2, 0.25) is 5.91 Å². The molecule has 142 valence electrons. The number of benzene rings is 2. The molecule has 1 aliphatic heterocycles. The molecule has 1 aliphatic rings. The van der Waals surface area contributed by atoms with Crippen molar-refractivity contribution in [3.63, 3.8) is 0 Å². The number of ether oxygens (including phenoxy) is 1. The van der Waals surface area contributed by atoms with Gasteiger partial charge in [-0.25, -0.2) is 4.39 Å². The maximum Gasteiger partial charge on any atom is 0.257 e. The normalized spacial score (nSPS) is 14.6. The van der Waals surface area contributed by atoms with Crippen LogP contribution in [0, 0.1) is 5.82 Å². The number of hydrogen-bond donors (Lipinski definition) is 0. The summed E-state index contributed by atoms with van der Waals surface area (Å²) >= 11 is 0. The average Bonchev–Trinajstić information content (AvgIpc) is 2.95. The van der Waals surface area contributed by atoms with Crippen LogP contribution in [0.5, 0.6) is 5.75 Å². The SMILES string of the molecule is COc1ccccc1C(=O)N1CCCN(C(=O)Cc2ccccc2F)CC1. The summed E-state index contributed by atoms with van der Waals surface area (Å²) in [6.45, 7) is 2.01. The number of halogens is 1. The van der Waals surface area contributed by atoms with E-state index in [-0.39, 0.29) is 24.1 Å². The van der Waals surface area contributed by atoms with Gasteiger partial charge in [0.05, 0.1) is 19.1 Å². The zero-order valence-electron chi connectivity index (χ0n) is 15.4. The highest BCUT2D eigenvalue weighted by Gasteiger charge is 2.24. The summed E-state index contributed by atoms with van der Waals surface area (Å²) in [6, 6.07) is 13.4. The standard InChI is InChI=1S/C21H23FN2O3/c1-27-19-10-5-3-8-17(19)21(26)24-12-6-11-23(13-14-24)20(25)15-16-7-2-4-9-18(16)22/h2-5,7-10H,6,11-15H2,1H3. The van der Waals surface area contributed by atoms with E-state index in [4.69, 9.17) is 4.74 Å². The fraction of sp³-hybridized carbons (Fsp3) is 0.333. The molecule has 1 heterocycles. The minimum atomic E-state index is -0.367. The average molecular weight is 370 g/mol. The first-order valence-electron chi connectivity index (χ1n) is 9.03. The molecule has 27 heavy (non-hydrogen) atoms. The topological polar surface area (TPSA) is 49.9 Å². The van der Waals surface area contributed by atoms with E-state index in [0.29, 0.717) is 49.5 Å². The molecule has 0 atom stereocenters. The highest BCUT2D eigenvalue weighted by molar-refractivity contribution is 5.97. The third-order valence-electron chi connectivity index (χ3n) is 4.77. The molecule has 6 heteroatoms. The van der Waals surface area contributed by atoms with Gasteiger partial charge in [0.25, 0.3) is 5.91 Å². The van der Waals surface area contributed by atoms with Crippen LogP contribution in [0.15, 0.2) is 48.5 Å². The Kier molecular flexibility index (Phi) is 6.06. The molecule has 2 amide bonds. The number of methoxy groups -OCH3 is 1. The molecule has 1 saturated heterocycles. The first kappa shape index (κ1) is 18.9. The van der Waals surface area contributed by atoms with Gasteiger partial charge in [0, 0.05) is 26.2 Å². The molecule has 3 rings (SSSR count). The van der Waals surface area contributed by atoms with Crippen LogP contribution in [0.4, 0.5) is 4.39 Å². The van der Waals surface area contributed by atoms with Gasteiger partial charge in [-0.2, -0.15) is 0 Å². The molecule has 2 aromatic carbocycles. The Morgan fingerprint density at radius 2 is 1.63 bits per heavy atom. The zero-order valence-corrected chi connectivity index (χ0v) is 15.4. The van der Waals surface area contributed by atoms with E-state index in [1.54, 1.807) is 46.2 Å². The maximum absolute atomic E-state index is 13.8. The minimum absolute atomic E-state index is 0.0348. The van der Waals surface area contributed by atoms with Crippen molar-refractivity contribution in [1.29, 1.82) is 0 Å². The van der Waals surface area contributed by atoms with Crippen molar-refractivity contribution in [2.45, 2.75) is 12.8 Å². The minimum Gasteiger partial charge on any atom is -0.496 e. The van der Waals surface area contributed by atoms with E-state index >= 15 is 0 Å². The molecule has 0 saturated carbocycles. The number of para-hydroxylation sites is 1. The van der Waals surface area contributed by atoms with Crippen LogP contribution in [0.1, 0.15) is 22.3 Å². The van der Waals surface area contributed by atoms with Crippen LogP contribution in [-0.4, -0.2) is 54.9 Å². The van der Waals surface area contributed by atoms with Crippen molar-refractivity contribution in [2.24, 2.45) is 0 Å². The molecule has 0 aromatic heterocycles. The van der Waals surface area contributed by atoms with Crippen LogP contribution < -0.4 is 4.74 Å². The number of amides is 2. The Hall–Kier alpha value is -2.89. The highest BCUT2D eigenvalue weighted by Crippen LogP contribution is 2.20. The monoisotopic (exact) mass is 370 g/mol. The molecule has 5 nitrogen and oxygen atoms in total. The third kappa shape index (κ3) is 4.45. The first-order chi connectivity index (χ1) is 13.1. The van der Waals surface area contributed by atoms with Gasteiger partial charge in [-0.1, -0.05) is 30.3 Å². The summed E-state index contributed by atoms with van der Waals surface area (Å²) in [5.74, 6) is -0.0459. The fourth-order valence-electron chi connectivity index (χ4n) is 3.28. The van der Waals surface area contributed by atoms with Crippen LogP contribution in [0.3, 0.4) is 0 Å². The number of carbonyl (C=O) groups excluding carboxylic acids is 2. The van der Waals surface area contributed by atoms with E-state index in [2.05, 4.69) is 0 Å². The number of carbonyl (C=O) groups is 2. The van der Waals surface area contributed by atoms with Crippen molar-refractivity contribution in [3.8, 4) is 5.75 Å². The Labute approximate surface area is 158 Å². The predicted molar refractivity (Wildman–Crippen MR) is 100 cm³/mol. The number of nitrogens with zero attached hydrogens (tertiary/aromatic N) is 2. The molecule has 0 radical (unpaired) electrons. The van der Waals surface area contributed by atoms with Gasteiger partial charge in [-0.05, 0) is 30.2 Å². The Balaban J connectivity index is 1.64. The lowest BCUT2D eigenvalue weighted by Crippen LogP contribution is -2.38. The van der Waals surface area contributed by atoms with Crippen LogP contribution in [0.2, 0.25) is 0 Å². The quantitative estimate of drug-likeness (QED) is 0.832. The van der Waals surface area contributed by atoms with E-state index in [0.717, 1.165) is 0 Å². The van der Waals surface area contributed by atoms with E-state index < -0.39 is 0 Å². The molecule has 0 unspecified atom stereocenters. The molecule has 0 bridgehead atoms. The van der Waals surface area contributed by atoms with Crippen LogP contribution >= 0.6 is 0 Å². The number of rotatable bonds is 4. The summed E-state index contributed by atoms with van der Waals surface area (Å²) in [5, 5.41) is 0. The zero-order chi connectivity index (χ0) is 19.2. The van der Waals surface area contributed by atoms with Gasteiger partial charge in [0.1, 0.15) is 11.6 Å². The van der Waals surface area contributed by atoms with Crippen molar-refractivity contribution in [1.82, 2.24) is 9.80 Å². The Bertz CT molecular complexity index is 825. The molecule has 0 aliphatic carbocycles. The third-order valence-corrected chi connectivity index (χ3v) is 4.77. The first-order valence-corrected chi connectivity index (χ1v) is 9.03. The maximum atomic E-state index is 13.8. The number of hydrogen-bond acceptors (Lipinski definition) is 3. The van der Waals surface area contributed by atoms with Gasteiger partial charge < -0.3 is 14.5 Å². The molecular weight excluding hydrogens is 347 g/mol. The van der Waals surface area contributed by atoms with E-state index in [1.807, 2.05) is 6.07 Å². The van der Waals surface area contributed by atoms with Crippen LogP contribution in [-0.2, 0) is 11.2 Å². The molecule has 1 fully saturated rings. The summed E-state index contributed by atoms with van der Waals surface area (Å²) in [4.78, 5) is 28.8. The highest BCUT2D eigenvalue weighted by atomic mass is 19.1. The van der Waals surface area contributed by atoms with Crippen LogP contribution in [0.25, 0.3) is 0 Å². The van der Waals surface area contributed by atoms with Crippen molar-refractivity contribution < 1.29 is 18.7 Å². The second kappa shape index (κ2) is 8.66. The molecule has 2 aromatic rings. The summed E-state index contributed by atoms with van der Waals surface area (Å²) < 4.78 is 19.1. The van der Waals surface area contributed by atoms with E-state index in [9.17, 15) is 14.0 Å². The fourth-order valence-corrected chi connectivity index (χ4v) is 3.28. The lowest BCUT2D eigenvalue weighted by atomic mass is 10.1. The van der Waals surface area contributed by atoms with Crippen molar-refractivity contribution in [2.75, 3.05) is 33.3 Å². The summed E-state index contributed by atoms with van der Waals surface area (Å²) in [7, 11) is 1.54. The Morgan fingerprint density at radius 1 is 0.963 bits per heavy atom. The largest absolute Gasteiger partial charge is 0.496 e. The van der Waals surface area contributed by atoms with E-state index in [1.165, 1.54) is 13.2 Å². The molecule has 0 spiro atoms. The van der Waals surface area contributed by atoms with Crippen molar-refractivity contribution >= 4 is 11.8 Å². The predicted octanol–water partition coefficient (Wildman–Crippen LogP) is 2.75. The molecule has 0 N–H and O–H groups in total. The smallest absolute Gasteiger partial charge is 0.257 e.